The normalized spacial score (nSPS) is 11.3. The summed E-state index contributed by atoms with van der Waals surface area (Å²) >= 11 is 0. The van der Waals surface area contributed by atoms with E-state index in [1.165, 1.54) is 11.1 Å². The molecule has 2 aromatic rings. The van der Waals surface area contributed by atoms with Crippen molar-refractivity contribution in [2.45, 2.75) is 13.8 Å². The van der Waals surface area contributed by atoms with Gasteiger partial charge in [0.05, 0.1) is 21.9 Å². The first-order valence-electron chi connectivity index (χ1n) is 5.86. The Morgan fingerprint density at radius 2 is 1.00 bits per heavy atom. The van der Waals surface area contributed by atoms with Crippen molar-refractivity contribution in [1.29, 1.82) is 0 Å². The Hall–Kier alpha value is -2.56. The molecule has 19 heavy (non-hydrogen) atoms. The van der Waals surface area contributed by atoms with Crippen LogP contribution in [0.1, 0.15) is 11.1 Å². The number of aryl methyl sites for hydroxylation is 2. The van der Waals surface area contributed by atoms with Crippen LogP contribution in [0.15, 0.2) is 69.3 Å². The highest BCUT2D eigenvalue weighted by Crippen LogP contribution is 2.14. The van der Waals surface area contributed by atoms with E-state index in [9.17, 15) is 0 Å². The highest BCUT2D eigenvalue weighted by molar-refractivity contribution is 5.38. The molecule has 0 atom stereocenters. The van der Waals surface area contributed by atoms with Gasteiger partial charge in [-0.1, -0.05) is 35.4 Å². The fraction of sp³-hybridized carbons (Fsp3) is 0.143. The largest absolute Gasteiger partial charge is 0.203 e. The van der Waals surface area contributed by atoms with Gasteiger partial charge in [-0.05, 0) is 38.1 Å². The molecule has 0 radical (unpaired) electrons. The average Bonchev–Trinajstić information content (AvgIpc) is 2.43. The van der Waals surface area contributed by atoms with E-state index in [2.05, 4.69) is 25.7 Å². The lowest BCUT2D eigenvalue weighted by molar-refractivity contribution is 0.117. The zero-order valence-electron chi connectivity index (χ0n) is 10.8. The van der Waals surface area contributed by atoms with E-state index in [1.54, 1.807) is 0 Å². The fourth-order valence-corrected chi connectivity index (χ4v) is 1.37. The highest BCUT2D eigenvalue weighted by atomic mass is 16.8. The van der Waals surface area contributed by atoms with Gasteiger partial charge in [0.1, 0.15) is 0 Å². The SMILES string of the molecule is Cc1ccc(N=NON=Nc2ccc(C)cc2)cc1. The molecule has 0 heterocycles. The smallest absolute Gasteiger partial charge is 0.0890 e. The maximum absolute atomic E-state index is 4.62. The number of hydrogen-bond donors (Lipinski definition) is 0. The summed E-state index contributed by atoms with van der Waals surface area (Å²) in [4.78, 5) is 4.62. The molecule has 0 aliphatic carbocycles. The van der Waals surface area contributed by atoms with Crippen LogP contribution in [-0.4, -0.2) is 0 Å². The van der Waals surface area contributed by atoms with Gasteiger partial charge < -0.3 is 0 Å². The Kier molecular flexibility index (Phi) is 4.34. The van der Waals surface area contributed by atoms with E-state index in [1.807, 2.05) is 62.4 Å². The van der Waals surface area contributed by atoms with E-state index in [0.717, 1.165) is 0 Å². The zero-order valence-corrected chi connectivity index (χ0v) is 10.8. The quantitative estimate of drug-likeness (QED) is 0.558. The predicted molar refractivity (Wildman–Crippen MR) is 72.5 cm³/mol. The van der Waals surface area contributed by atoms with E-state index in [-0.39, 0.29) is 0 Å². The summed E-state index contributed by atoms with van der Waals surface area (Å²) in [6.07, 6.45) is 0. The van der Waals surface area contributed by atoms with Crippen LogP contribution in [0.25, 0.3) is 0 Å². The molecule has 0 fully saturated rings. The van der Waals surface area contributed by atoms with E-state index < -0.39 is 0 Å². The summed E-state index contributed by atoms with van der Waals surface area (Å²) in [5.41, 5.74) is 3.74. The minimum Gasteiger partial charge on any atom is -0.203 e. The van der Waals surface area contributed by atoms with Gasteiger partial charge in [-0.25, -0.2) is 4.94 Å². The van der Waals surface area contributed by atoms with Crippen molar-refractivity contribution in [3.63, 3.8) is 0 Å². The average molecular weight is 254 g/mol. The topological polar surface area (TPSA) is 58.7 Å². The molecule has 0 aliphatic heterocycles. The predicted octanol–water partition coefficient (Wildman–Crippen LogP) is 5.02. The third-order valence-electron chi connectivity index (χ3n) is 2.45. The van der Waals surface area contributed by atoms with Gasteiger partial charge in [-0.15, -0.1) is 10.2 Å². The monoisotopic (exact) mass is 254 g/mol. The zero-order chi connectivity index (χ0) is 13.5. The molecule has 0 spiro atoms. The van der Waals surface area contributed by atoms with E-state index >= 15 is 0 Å². The Morgan fingerprint density at radius 1 is 0.632 bits per heavy atom. The number of nitrogens with zero attached hydrogens (tertiary/aromatic N) is 4. The van der Waals surface area contributed by atoms with Crippen molar-refractivity contribution in [3.05, 3.63) is 59.7 Å². The summed E-state index contributed by atoms with van der Waals surface area (Å²) in [5.74, 6) is 0. The fourth-order valence-electron chi connectivity index (χ4n) is 1.37. The maximum atomic E-state index is 4.62. The van der Waals surface area contributed by atoms with Gasteiger partial charge in [0, 0.05) is 0 Å². The summed E-state index contributed by atoms with van der Waals surface area (Å²) in [5, 5.41) is 14.6. The van der Waals surface area contributed by atoms with Crippen molar-refractivity contribution < 1.29 is 4.94 Å². The minimum atomic E-state index is 0.705. The van der Waals surface area contributed by atoms with Gasteiger partial charge >= 0.3 is 0 Å². The third kappa shape index (κ3) is 4.31. The van der Waals surface area contributed by atoms with Crippen LogP contribution in [0, 0.1) is 13.8 Å². The van der Waals surface area contributed by atoms with Crippen LogP contribution < -0.4 is 0 Å². The molecular weight excluding hydrogens is 240 g/mol. The van der Waals surface area contributed by atoms with Gasteiger partial charge in [-0.2, -0.15) is 0 Å². The van der Waals surface area contributed by atoms with Crippen LogP contribution in [0.4, 0.5) is 11.4 Å². The molecule has 0 bridgehead atoms. The first-order valence-corrected chi connectivity index (χ1v) is 5.86. The summed E-state index contributed by atoms with van der Waals surface area (Å²) in [7, 11) is 0. The Labute approximate surface area is 111 Å². The molecule has 0 saturated carbocycles. The number of hydrogen-bond acceptors (Lipinski definition) is 5. The lowest BCUT2D eigenvalue weighted by atomic mass is 10.2. The van der Waals surface area contributed by atoms with Crippen molar-refractivity contribution >= 4 is 11.4 Å². The molecule has 0 saturated heterocycles. The molecule has 0 N–H and O–H groups in total. The molecule has 0 unspecified atom stereocenters. The van der Waals surface area contributed by atoms with Gasteiger partial charge in [-0.3, -0.25) is 0 Å². The molecule has 2 aromatic carbocycles. The molecule has 5 nitrogen and oxygen atoms in total. The second-order valence-electron chi connectivity index (χ2n) is 4.12. The van der Waals surface area contributed by atoms with Crippen molar-refractivity contribution in [2.75, 3.05) is 0 Å². The first-order chi connectivity index (χ1) is 9.24. The van der Waals surface area contributed by atoms with Crippen molar-refractivity contribution in [2.24, 2.45) is 20.8 Å². The lowest BCUT2D eigenvalue weighted by Gasteiger charge is -1.92. The van der Waals surface area contributed by atoms with Gasteiger partial charge in [0.25, 0.3) is 0 Å². The molecular formula is C14H14N4O. The van der Waals surface area contributed by atoms with E-state index in [0.29, 0.717) is 11.4 Å². The molecule has 0 aliphatic rings. The second kappa shape index (κ2) is 6.39. The second-order valence-corrected chi connectivity index (χ2v) is 4.12. The molecule has 96 valence electrons. The minimum absolute atomic E-state index is 0.705. The maximum Gasteiger partial charge on any atom is 0.0890 e. The van der Waals surface area contributed by atoms with Crippen LogP contribution in [0.2, 0.25) is 0 Å². The van der Waals surface area contributed by atoms with Crippen LogP contribution in [0.5, 0.6) is 0 Å². The summed E-state index contributed by atoms with van der Waals surface area (Å²) in [6.45, 7) is 4.01. The Bertz CT molecular complexity index is 520. The number of rotatable bonds is 4. The van der Waals surface area contributed by atoms with Crippen LogP contribution in [-0.2, 0) is 4.94 Å². The molecule has 0 amide bonds. The van der Waals surface area contributed by atoms with Gasteiger partial charge in [0.2, 0.25) is 0 Å². The highest BCUT2D eigenvalue weighted by Gasteiger charge is 1.89. The Morgan fingerprint density at radius 3 is 1.37 bits per heavy atom. The standard InChI is InChI=1S/C14H14N4O/c1-11-3-7-13(8-4-11)15-17-19-18-16-14-9-5-12(2)6-10-14/h3-10H,1-2H3. The summed E-state index contributed by atoms with van der Waals surface area (Å²) < 4.78 is 0. The van der Waals surface area contributed by atoms with Gasteiger partial charge in [0.15, 0.2) is 0 Å². The Balaban J connectivity index is 1.86. The number of benzene rings is 2. The summed E-state index contributed by atoms with van der Waals surface area (Å²) in [6, 6.07) is 15.2. The van der Waals surface area contributed by atoms with Crippen LogP contribution in [0.3, 0.4) is 0 Å². The molecule has 2 rings (SSSR count). The van der Waals surface area contributed by atoms with Crippen molar-refractivity contribution in [1.82, 2.24) is 0 Å². The van der Waals surface area contributed by atoms with Crippen molar-refractivity contribution in [3.8, 4) is 0 Å². The third-order valence-corrected chi connectivity index (χ3v) is 2.45. The van der Waals surface area contributed by atoms with Crippen LogP contribution >= 0.6 is 0 Å². The van der Waals surface area contributed by atoms with E-state index in [4.69, 9.17) is 0 Å². The first kappa shape index (κ1) is 12.9. The molecule has 0 aromatic heterocycles. The molecule has 5 heteroatoms. The lowest BCUT2D eigenvalue weighted by Crippen LogP contribution is -1.70.